The van der Waals surface area contributed by atoms with Gasteiger partial charge in [-0.3, -0.25) is 14.7 Å². The molecular formula is C19H36N5O6-3. The zero-order valence-electron chi connectivity index (χ0n) is 18.8. The minimum absolute atomic E-state index is 0.000259. The van der Waals surface area contributed by atoms with E-state index in [9.17, 15) is 29.7 Å². The number of carbonyl (C=O) groups is 3. The maximum atomic E-state index is 11.1. The summed E-state index contributed by atoms with van der Waals surface area (Å²) in [6, 6.07) is -0.000259. The van der Waals surface area contributed by atoms with Crippen LogP contribution in [0.2, 0.25) is 0 Å². The van der Waals surface area contributed by atoms with Crippen LogP contribution in [0.25, 0.3) is 0 Å². The average Bonchev–Trinajstić information content (AvgIpc) is 2.69. The number of carboxylic acid groups (broad SMARTS) is 3. The number of nitrogens with two attached hydrogens (primary N) is 1. The molecule has 1 saturated heterocycles. The predicted octanol–water partition coefficient (Wildman–Crippen LogP) is -5.12. The van der Waals surface area contributed by atoms with Crippen molar-refractivity contribution in [2.75, 3.05) is 72.0 Å². The van der Waals surface area contributed by atoms with Gasteiger partial charge in [-0.15, -0.1) is 0 Å². The lowest BCUT2D eigenvalue weighted by molar-refractivity contribution is -0.308. The van der Waals surface area contributed by atoms with Crippen molar-refractivity contribution in [2.45, 2.75) is 32.7 Å². The van der Waals surface area contributed by atoms with Crippen LogP contribution in [-0.4, -0.2) is 111 Å². The largest absolute Gasteiger partial charge is 0.549 e. The third-order valence-electron chi connectivity index (χ3n) is 4.87. The number of carbonyl (C=O) groups excluding carboxylic acids is 3. The highest BCUT2D eigenvalue weighted by atomic mass is 16.4. The first-order chi connectivity index (χ1) is 14.8. The maximum absolute atomic E-state index is 11.1. The number of carboxylic acids is 3. The molecule has 0 aliphatic carbocycles. The molecule has 1 fully saturated rings. The second kappa shape index (κ2) is 16.0. The molecule has 1 atom stereocenters. The molecule has 0 spiro atoms. The Balaban J connectivity index is 0.00000436. The molecule has 176 valence electrons. The number of rotatable bonds is 10. The molecular weight excluding hydrogens is 394 g/mol. The third-order valence-corrected chi connectivity index (χ3v) is 4.87. The number of aliphatic carboxylic acids is 3. The van der Waals surface area contributed by atoms with E-state index in [1.165, 1.54) is 7.40 Å². The lowest BCUT2D eigenvalue weighted by Crippen LogP contribution is -2.52. The van der Waals surface area contributed by atoms with Gasteiger partial charge in [0.15, 0.2) is 0 Å². The highest BCUT2D eigenvalue weighted by molar-refractivity contribution is 5.67. The Hall–Kier alpha value is -1.79. The van der Waals surface area contributed by atoms with Gasteiger partial charge in [0.1, 0.15) is 0 Å². The Labute approximate surface area is 180 Å². The second-order valence-electron chi connectivity index (χ2n) is 7.34. The zero-order chi connectivity index (χ0) is 23.6. The normalized spacial score (nSPS) is 20.7. The fourth-order valence-electron chi connectivity index (χ4n) is 3.42. The van der Waals surface area contributed by atoms with Crippen molar-refractivity contribution in [2.24, 2.45) is 5.73 Å². The summed E-state index contributed by atoms with van der Waals surface area (Å²) in [7, 11) is 1.25. The van der Waals surface area contributed by atoms with Gasteiger partial charge in [-0.05, 0) is 19.4 Å². The zero-order valence-corrected chi connectivity index (χ0v) is 17.8. The Morgan fingerprint density at radius 2 is 1.33 bits per heavy atom. The van der Waals surface area contributed by atoms with Crippen molar-refractivity contribution in [1.29, 1.82) is 0 Å². The van der Waals surface area contributed by atoms with Crippen LogP contribution in [0, 0.1) is 0 Å². The molecule has 11 nitrogen and oxygen atoms in total. The first-order valence-corrected chi connectivity index (χ1v) is 10.00. The van der Waals surface area contributed by atoms with Crippen LogP contribution in [0.4, 0.5) is 0 Å². The monoisotopic (exact) mass is 432 g/mol. The van der Waals surface area contributed by atoms with Crippen molar-refractivity contribution < 1.29 is 31.1 Å². The van der Waals surface area contributed by atoms with E-state index in [2.05, 4.69) is 5.32 Å². The van der Waals surface area contributed by atoms with Crippen LogP contribution < -0.4 is 26.4 Å². The van der Waals surface area contributed by atoms with Gasteiger partial charge in [-0.1, -0.05) is 13.8 Å². The van der Waals surface area contributed by atoms with Gasteiger partial charge in [-0.2, -0.15) is 0 Å². The lowest BCUT2D eigenvalue weighted by atomic mass is 10.1. The Kier molecular flexibility index (Phi) is 14.0. The SMILES string of the molecule is NCCCCC1CN(CC(=O)[O-])CCN(CC(=O)[O-])CCN(CC(=O)[O-])CCN1.[3H]C. The smallest absolute Gasteiger partial charge is 0.0555 e. The molecule has 11 heteroatoms. The van der Waals surface area contributed by atoms with Crippen LogP contribution in [0.5, 0.6) is 0 Å². The third kappa shape index (κ3) is 13.4. The van der Waals surface area contributed by atoms with Gasteiger partial charge < -0.3 is 40.8 Å². The topological polar surface area (TPSA) is 168 Å². The van der Waals surface area contributed by atoms with Gasteiger partial charge in [0, 0.05) is 72.9 Å². The van der Waals surface area contributed by atoms with Crippen LogP contribution in [-0.2, 0) is 14.4 Å². The number of hydrogen-bond donors (Lipinski definition) is 2. The molecule has 1 aliphatic heterocycles. The first-order valence-electron chi connectivity index (χ1n) is 11.0. The number of hydrogen-bond acceptors (Lipinski definition) is 11. The Morgan fingerprint density at radius 1 is 0.867 bits per heavy atom. The molecule has 0 radical (unpaired) electrons. The van der Waals surface area contributed by atoms with E-state index in [4.69, 9.17) is 7.10 Å². The molecule has 1 unspecified atom stereocenters. The lowest BCUT2D eigenvalue weighted by Gasteiger charge is -2.34. The summed E-state index contributed by atoms with van der Waals surface area (Å²) in [6.45, 7) is 2.53. The molecule has 0 saturated carbocycles. The second-order valence-corrected chi connectivity index (χ2v) is 7.34. The first kappa shape index (κ1) is 26.2. The van der Waals surface area contributed by atoms with E-state index in [1.54, 1.807) is 14.7 Å². The summed E-state index contributed by atoms with van der Waals surface area (Å²) < 4.78 is 5.75. The molecule has 0 bridgehead atoms. The molecule has 3 N–H and O–H groups in total. The minimum atomic E-state index is -1.24. The number of unbranched alkanes of at least 4 members (excludes halogenated alkanes) is 1. The summed E-state index contributed by atoms with van der Waals surface area (Å²) in [5.74, 6) is -3.62. The van der Waals surface area contributed by atoms with Gasteiger partial charge in [0.2, 0.25) is 0 Å². The summed E-state index contributed by atoms with van der Waals surface area (Å²) in [5.41, 5.74) is 5.55. The quantitative estimate of drug-likeness (QED) is 0.317. The van der Waals surface area contributed by atoms with E-state index in [1.807, 2.05) is 0 Å². The summed E-state index contributed by atoms with van der Waals surface area (Å²) in [4.78, 5) is 38.3. The molecule has 0 aromatic rings. The summed E-state index contributed by atoms with van der Waals surface area (Å²) in [5, 5.41) is 36.6. The Morgan fingerprint density at radius 3 is 1.83 bits per heavy atom. The van der Waals surface area contributed by atoms with Crippen LogP contribution in [0.1, 0.15) is 28.0 Å². The highest BCUT2D eigenvalue weighted by Crippen LogP contribution is 2.05. The summed E-state index contributed by atoms with van der Waals surface area (Å²) >= 11 is 0. The van der Waals surface area contributed by atoms with E-state index in [0.29, 0.717) is 52.4 Å². The van der Waals surface area contributed by atoms with Gasteiger partial charge in [-0.25, -0.2) is 0 Å². The van der Waals surface area contributed by atoms with E-state index < -0.39 is 17.9 Å². The molecule has 0 amide bonds. The van der Waals surface area contributed by atoms with Gasteiger partial charge in [0.25, 0.3) is 0 Å². The molecule has 1 aliphatic rings. The van der Waals surface area contributed by atoms with Crippen LogP contribution >= 0.6 is 0 Å². The maximum Gasteiger partial charge on any atom is 0.0555 e. The predicted molar refractivity (Wildman–Crippen MR) is 106 cm³/mol. The van der Waals surface area contributed by atoms with Crippen LogP contribution in [0.15, 0.2) is 0 Å². The average molecular weight is 433 g/mol. The van der Waals surface area contributed by atoms with Crippen LogP contribution in [0.3, 0.4) is 0 Å². The van der Waals surface area contributed by atoms with Crippen molar-refractivity contribution in [3.8, 4) is 0 Å². The molecule has 0 aromatic heterocycles. The van der Waals surface area contributed by atoms with E-state index in [0.717, 1.165) is 19.3 Å². The molecule has 30 heavy (non-hydrogen) atoms. The van der Waals surface area contributed by atoms with E-state index in [-0.39, 0.29) is 25.7 Å². The van der Waals surface area contributed by atoms with Crippen molar-refractivity contribution >= 4 is 17.9 Å². The van der Waals surface area contributed by atoms with Crippen molar-refractivity contribution in [1.82, 2.24) is 20.0 Å². The fraction of sp³-hybridized carbons (Fsp3) is 0.842. The molecule has 1 rings (SSSR count). The van der Waals surface area contributed by atoms with Gasteiger partial charge in [0.05, 0.1) is 17.9 Å². The van der Waals surface area contributed by atoms with E-state index >= 15 is 0 Å². The summed E-state index contributed by atoms with van der Waals surface area (Å²) in [6.07, 6.45) is 2.53. The van der Waals surface area contributed by atoms with Crippen molar-refractivity contribution in [3.63, 3.8) is 0 Å². The highest BCUT2D eigenvalue weighted by Gasteiger charge is 2.18. The number of nitrogens with one attached hydrogen (secondary N) is 1. The minimum Gasteiger partial charge on any atom is -0.549 e. The molecule has 0 aromatic carbocycles. The Bertz CT molecular complexity index is 528. The van der Waals surface area contributed by atoms with Crippen molar-refractivity contribution in [3.05, 3.63) is 0 Å². The fourth-order valence-corrected chi connectivity index (χ4v) is 3.42. The standard InChI is InChI=1S/C18H35N5O6.CH4/c19-4-2-1-3-15-11-23(14-18(28)29)10-9-22(13-17(26)27)8-7-21(6-5-20-15)12-16(24)25;/h15,20H,1-14,19H2,(H,24,25)(H,26,27)(H,28,29);1H4/p-3/i;1T. The number of nitrogens with zero attached hydrogens (tertiary/aromatic N) is 3. The van der Waals surface area contributed by atoms with Gasteiger partial charge >= 0.3 is 0 Å². The molecule has 1 heterocycles.